The van der Waals surface area contributed by atoms with Gasteiger partial charge in [0.2, 0.25) is 0 Å². The Kier molecular flexibility index (Phi) is 5.63. The van der Waals surface area contributed by atoms with Crippen molar-refractivity contribution in [2.75, 3.05) is 14.2 Å². The van der Waals surface area contributed by atoms with E-state index < -0.39 is 0 Å². The molecule has 0 spiro atoms. The number of nitrogens with one attached hydrogen (secondary N) is 1. The van der Waals surface area contributed by atoms with E-state index in [-0.39, 0.29) is 23.8 Å². The first-order chi connectivity index (χ1) is 13.5. The lowest BCUT2D eigenvalue weighted by Gasteiger charge is -2.14. The molecule has 0 bridgehead atoms. The third kappa shape index (κ3) is 3.69. The largest absolute Gasteiger partial charge is 0.493 e. The Labute approximate surface area is 161 Å². The molecule has 0 aliphatic rings. The van der Waals surface area contributed by atoms with Crippen LogP contribution < -0.4 is 20.3 Å². The molecule has 0 radical (unpaired) electrons. The Morgan fingerprint density at radius 3 is 2.25 bits per heavy atom. The van der Waals surface area contributed by atoms with E-state index in [0.717, 1.165) is 5.56 Å². The predicted octanol–water partition coefficient (Wildman–Crippen LogP) is 3.11. The number of aromatic nitrogens is 1. The first kappa shape index (κ1) is 19.4. The summed E-state index contributed by atoms with van der Waals surface area (Å²) in [6, 6.07) is 9.10. The third-order valence-corrected chi connectivity index (χ3v) is 4.54. The van der Waals surface area contributed by atoms with Crippen molar-refractivity contribution >= 4 is 16.7 Å². The van der Waals surface area contributed by atoms with E-state index in [1.54, 1.807) is 24.3 Å². The Morgan fingerprint density at radius 1 is 1.07 bits per heavy atom. The van der Waals surface area contributed by atoms with Crippen LogP contribution in [0.15, 0.2) is 47.4 Å². The van der Waals surface area contributed by atoms with Gasteiger partial charge in [0.15, 0.2) is 11.5 Å². The number of amides is 1. The van der Waals surface area contributed by atoms with Crippen LogP contribution in [0.4, 0.5) is 4.39 Å². The van der Waals surface area contributed by atoms with Gasteiger partial charge < -0.3 is 19.4 Å². The van der Waals surface area contributed by atoms with Gasteiger partial charge in [-0.1, -0.05) is 12.1 Å². The molecule has 1 N–H and O–H groups in total. The van der Waals surface area contributed by atoms with Crippen LogP contribution in [-0.2, 0) is 13.1 Å². The number of rotatable bonds is 6. The third-order valence-electron chi connectivity index (χ3n) is 4.54. The van der Waals surface area contributed by atoms with Crippen LogP contribution >= 0.6 is 0 Å². The summed E-state index contributed by atoms with van der Waals surface area (Å²) in [5, 5.41) is 3.66. The van der Waals surface area contributed by atoms with Gasteiger partial charge in [0.05, 0.1) is 25.2 Å². The quantitative estimate of drug-likeness (QED) is 0.709. The Balaban J connectivity index is 2.05. The highest BCUT2D eigenvalue weighted by Crippen LogP contribution is 2.32. The Morgan fingerprint density at radius 2 is 1.68 bits per heavy atom. The maximum atomic E-state index is 13.0. The van der Waals surface area contributed by atoms with Gasteiger partial charge >= 0.3 is 0 Å². The number of methoxy groups -OCH3 is 2. The zero-order valence-electron chi connectivity index (χ0n) is 15.9. The molecular weight excluding hydrogens is 363 g/mol. The summed E-state index contributed by atoms with van der Waals surface area (Å²) in [6.45, 7) is 2.48. The summed E-state index contributed by atoms with van der Waals surface area (Å²) in [4.78, 5) is 25.6. The van der Waals surface area contributed by atoms with Crippen LogP contribution in [0.5, 0.6) is 11.5 Å². The van der Waals surface area contributed by atoms with E-state index in [0.29, 0.717) is 34.4 Å². The van der Waals surface area contributed by atoms with Gasteiger partial charge in [-0.05, 0) is 36.8 Å². The Hall–Kier alpha value is -3.35. The van der Waals surface area contributed by atoms with Crippen molar-refractivity contribution in [1.29, 1.82) is 0 Å². The molecule has 1 aromatic heterocycles. The average molecular weight is 384 g/mol. The standard InChI is InChI=1S/C21H21FN2O4/c1-4-24-12-17(20(25)23-11-13-5-7-14(22)8-6-13)15-9-18(27-2)19(28-3)10-16(15)21(24)26/h5-10,12H,4,11H2,1-3H3,(H,23,25). The number of carbonyl (C=O) groups excluding carboxylic acids is 1. The van der Waals surface area contributed by atoms with Crippen molar-refractivity contribution in [3.63, 3.8) is 0 Å². The number of ether oxygens (including phenoxy) is 2. The molecule has 1 heterocycles. The van der Waals surface area contributed by atoms with E-state index in [2.05, 4.69) is 5.32 Å². The van der Waals surface area contributed by atoms with Gasteiger partial charge in [-0.25, -0.2) is 4.39 Å². The van der Waals surface area contributed by atoms with Crippen LogP contribution in [0, 0.1) is 5.82 Å². The summed E-state index contributed by atoms with van der Waals surface area (Å²) in [7, 11) is 2.98. The van der Waals surface area contributed by atoms with Crippen molar-refractivity contribution in [2.45, 2.75) is 20.0 Å². The second-order valence-electron chi connectivity index (χ2n) is 6.20. The lowest BCUT2D eigenvalue weighted by molar-refractivity contribution is 0.0952. The minimum absolute atomic E-state index is 0.214. The highest BCUT2D eigenvalue weighted by Gasteiger charge is 2.18. The molecule has 3 rings (SSSR count). The number of hydrogen-bond acceptors (Lipinski definition) is 4. The van der Waals surface area contributed by atoms with Crippen molar-refractivity contribution in [1.82, 2.24) is 9.88 Å². The van der Waals surface area contributed by atoms with E-state index in [1.807, 2.05) is 6.92 Å². The molecular formula is C21H21FN2O4. The van der Waals surface area contributed by atoms with E-state index in [4.69, 9.17) is 9.47 Å². The first-order valence-electron chi connectivity index (χ1n) is 8.80. The number of benzene rings is 2. The molecule has 0 fully saturated rings. The van der Waals surface area contributed by atoms with Crippen molar-refractivity contribution in [3.05, 3.63) is 69.9 Å². The van der Waals surface area contributed by atoms with Crippen LogP contribution in [-0.4, -0.2) is 24.7 Å². The number of fused-ring (bicyclic) bond motifs is 1. The van der Waals surface area contributed by atoms with Gasteiger partial charge in [0.25, 0.3) is 11.5 Å². The van der Waals surface area contributed by atoms with Gasteiger partial charge in [-0.3, -0.25) is 9.59 Å². The molecule has 28 heavy (non-hydrogen) atoms. The fourth-order valence-electron chi connectivity index (χ4n) is 3.01. The number of pyridine rings is 1. The molecule has 0 saturated carbocycles. The summed E-state index contributed by atoms with van der Waals surface area (Å²) in [5.74, 6) is 0.163. The monoisotopic (exact) mass is 384 g/mol. The highest BCUT2D eigenvalue weighted by atomic mass is 19.1. The molecule has 0 atom stereocenters. The predicted molar refractivity (Wildman–Crippen MR) is 105 cm³/mol. The number of nitrogens with zero attached hydrogens (tertiary/aromatic N) is 1. The number of carbonyl (C=O) groups is 1. The lowest BCUT2D eigenvalue weighted by atomic mass is 10.1. The van der Waals surface area contributed by atoms with Gasteiger partial charge in [-0.2, -0.15) is 0 Å². The minimum Gasteiger partial charge on any atom is -0.493 e. The van der Waals surface area contributed by atoms with Crippen molar-refractivity contribution in [3.8, 4) is 11.5 Å². The smallest absolute Gasteiger partial charge is 0.258 e. The SMILES string of the molecule is CCn1cc(C(=O)NCc2ccc(F)cc2)c2cc(OC)c(OC)cc2c1=O. The second kappa shape index (κ2) is 8.12. The van der Waals surface area contributed by atoms with E-state index in [9.17, 15) is 14.0 Å². The summed E-state index contributed by atoms with van der Waals surface area (Å²) in [6.07, 6.45) is 1.54. The molecule has 0 aliphatic carbocycles. The lowest BCUT2D eigenvalue weighted by Crippen LogP contribution is -2.27. The number of aryl methyl sites for hydroxylation is 1. The maximum absolute atomic E-state index is 13.0. The average Bonchev–Trinajstić information content (AvgIpc) is 2.72. The fraction of sp³-hybridized carbons (Fsp3) is 0.238. The molecule has 6 nitrogen and oxygen atoms in total. The van der Waals surface area contributed by atoms with Crippen LogP contribution in [0.3, 0.4) is 0 Å². The van der Waals surface area contributed by atoms with Crippen LogP contribution in [0.25, 0.3) is 10.8 Å². The molecule has 1 amide bonds. The van der Waals surface area contributed by atoms with Crippen molar-refractivity contribution < 1.29 is 18.7 Å². The molecule has 7 heteroatoms. The first-order valence-corrected chi connectivity index (χ1v) is 8.80. The van der Waals surface area contributed by atoms with Crippen LogP contribution in [0.2, 0.25) is 0 Å². The minimum atomic E-state index is -0.344. The number of hydrogen-bond donors (Lipinski definition) is 1. The highest BCUT2D eigenvalue weighted by molar-refractivity contribution is 6.07. The normalized spacial score (nSPS) is 10.7. The summed E-state index contributed by atoms with van der Waals surface area (Å²) in [5.41, 5.74) is 0.898. The summed E-state index contributed by atoms with van der Waals surface area (Å²) >= 11 is 0. The fourth-order valence-corrected chi connectivity index (χ4v) is 3.01. The summed E-state index contributed by atoms with van der Waals surface area (Å²) < 4.78 is 25.1. The van der Waals surface area contributed by atoms with Gasteiger partial charge in [-0.15, -0.1) is 0 Å². The molecule has 2 aromatic carbocycles. The molecule has 0 unspecified atom stereocenters. The molecule has 0 aliphatic heterocycles. The zero-order chi connectivity index (χ0) is 20.3. The number of halogens is 1. The Bertz CT molecular complexity index is 1070. The van der Waals surface area contributed by atoms with Crippen molar-refractivity contribution in [2.24, 2.45) is 0 Å². The van der Waals surface area contributed by atoms with Gasteiger partial charge in [0, 0.05) is 24.7 Å². The topological polar surface area (TPSA) is 69.6 Å². The molecule has 146 valence electrons. The van der Waals surface area contributed by atoms with E-state index in [1.165, 1.54) is 37.1 Å². The van der Waals surface area contributed by atoms with Gasteiger partial charge in [0.1, 0.15) is 5.82 Å². The zero-order valence-corrected chi connectivity index (χ0v) is 15.9. The molecule has 0 saturated heterocycles. The second-order valence-corrected chi connectivity index (χ2v) is 6.20. The maximum Gasteiger partial charge on any atom is 0.258 e. The molecule has 3 aromatic rings. The van der Waals surface area contributed by atoms with E-state index >= 15 is 0 Å². The van der Waals surface area contributed by atoms with Crippen LogP contribution in [0.1, 0.15) is 22.8 Å².